The Morgan fingerprint density at radius 3 is 2.79 bits per heavy atom. The molecule has 1 aliphatic carbocycles. The Balaban J connectivity index is 2.27. The summed E-state index contributed by atoms with van der Waals surface area (Å²) < 4.78 is 28.0. The van der Waals surface area contributed by atoms with Crippen LogP contribution in [0.1, 0.15) is 34.9 Å². The van der Waals surface area contributed by atoms with Crippen LogP contribution in [0.25, 0.3) is 0 Å². The molecule has 1 amide bonds. The van der Waals surface area contributed by atoms with Crippen molar-refractivity contribution in [2.45, 2.75) is 23.7 Å². The molecule has 1 saturated carbocycles. The summed E-state index contributed by atoms with van der Waals surface area (Å²) in [7, 11) is 2.88. The van der Waals surface area contributed by atoms with E-state index in [0.717, 1.165) is 12.8 Å². The maximum Gasteiger partial charge on any atom is 0.273 e. The second kappa shape index (κ2) is 5.48. The SMILES string of the molecule is COCCNC(=O)c1n[nH]c(C2CC2)c1S(=O)(=O)Cl. The minimum absolute atomic E-state index is 0.0940. The second-order valence-electron chi connectivity index (χ2n) is 4.28. The van der Waals surface area contributed by atoms with Crippen LogP contribution in [0.4, 0.5) is 0 Å². The predicted octanol–water partition coefficient (Wildman–Crippen LogP) is 0.591. The monoisotopic (exact) mass is 307 g/mol. The lowest BCUT2D eigenvalue weighted by molar-refractivity contribution is 0.0929. The highest BCUT2D eigenvalue weighted by molar-refractivity contribution is 8.13. The first-order valence-electron chi connectivity index (χ1n) is 5.75. The maximum absolute atomic E-state index is 11.9. The summed E-state index contributed by atoms with van der Waals surface area (Å²) in [6, 6.07) is 0. The Labute approximate surface area is 115 Å². The average Bonchev–Trinajstić information content (AvgIpc) is 3.06. The molecule has 0 saturated heterocycles. The van der Waals surface area contributed by atoms with Crippen LogP contribution >= 0.6 is 10.7 Å². The molecule has 2 N–H and O–H groups in total. The van der Waals surface area contributed by atoms with Gasteiger partial charge in [0.05, 0.1) is 12.3 Å². The van der Waals surface area contributed by atoms with E-state index in [1.165, 1.54) is 7.11 Å². The average molecular weight is 308 g/mol. The number of ether oxygens (including phenoxy) is 1. The van der Waals surface area contributed by atoms with Crippen molar-refractivity contribution < 1.29 is 17.9 Å². The Morgan fingerprint density at radius 1 is 1.58 bits per heavy atom. The van der Waals surface area contributed by atoms with E-state index >= 15 is 0 Å². The maximum atomic E-state index is 11.9. The number of aromatic nitrogens is 2. The van der Waals surface area contributed by atoms with Crippen LogP contribution in [0, 0.1) is 0 Å². The number of H-pyrrole nitrogens is 1. The molecule has 2 rings (SSSR count). The van der Waals surface area contributed by atoms with Crippen molar-refractivity contribution in [3.05, 3.63) is 11.4 Å². The topological polar surface area (TPSA) is 101 Å². The zero-order valence-corrected chi connectivity index (χ0v) is 11.8. The quantitative estimate of drug-likeness (QED) is 0.591. The van der Waals surface area contributed by atoms with Gasteiger partial charge in [-0.3, -0.25) is 9.89 Å². The third-order valence-corrected chi connectivity index (χ3v) is 4.15. The lowest BCUT2D eigenvalue weighted by atomic mass is 10.2. The summed E-state index contributed by atoms with van der Waals surface area (Å²) in [5.74, 6) is -0.490. The van der Waals surface area contributed by atoms with Crippen molar-refractivity contribution >= 4 is 25.6 Å². The predicted molar refractivity (Wildman–Crippen MR) is 67.8 cm³/mol. The van der Waals surface area contributed by atoms with Crippen LogP contribution in [-0.2, 0) is 13.8 Å². The van der Waals surface area contributed by atoms with Crippen LogP contribution in [0.3, 0.4) is 0 Å². The van der Waals surface area contributed by atoms with Gasteiger partial charge in [0.1, 0.15) is 4.90 Å². The van der Waals surface area contributed by atoms with E-state index in [-0.39, 0.29) is 23.1 Å². The third-order valence-electron chi connectivity index (χ3n) is 2.78. The summed E-state index contributed by atoms with van der Waals surface area (Å²) >= 11 is 0. The number of amides is 1. The molecule has 0 aliphatic heterocycles. The number of methoxy groups -OCH3 is 1. The van der Waals surface area contributed by atoms with Crippen molar-refractivity contribution in [2.75, 3.05) is 20.3 Å². The number of hydrogen-bond acceptors (Lipinski definition) is 5. The number of carbonyl (C=O) groups is 1. The first-order chi connectivity index (χ1) is 8.95. The summed E-state index contributed by atoms with van der Waals surface area (Å²) in [6.45, 7) is 0.595. The summed E-state index contributed by atoms with van der Waals surface area (Å²) in [6.07, 6.45) is 1.73. The van der Waals surface area contributed by atoms with Gasteiger partial charge in [0, 0.05) is 30.3 Å². The molecular weight excluding hydrogens is 294 g/mol. The van der Waals surface area contributed by atoms with Crippen LogP contribution < -0.4 is 5.32 Å². The van der Waals surface area contributed by atoms with E-state index in [4.69, 9.17) is 15.4 Å². The number of aromatic amines is 1. The van der Waals surface area contributed by atoms with Gasteiger partial charge in [0.25, 0.3) is 15.0 Å². The molecule has 0 radical (unpaired) electrons. The summed E-state index contributed by atoms with van der Waals surface area (Å²) in [5, 5.41) is 8.91. The van der Waals surface area contributed by atoms with Crippen molar-refractivity contribution in [1.82, 2.24) is 15.5 Å². The molecule has 0 atom stereocenters. The van der Waals surface area contributed by atoms with Gasteiger partial charge in [-0.1, -0.05) is 0 Å². The van der Waals surface area contributed by atoms with Crippen LogP contribution in [0.5, 0.6) is 0 Å². The fourth-order valence-electron chi connectivity index (χ4n) is 1.74. The van der Waals surface area contributed by atoms with Gasteiger partial charge in [-0.05, 0) is 12.8 Å². The van der Waals surface area contributed by atoms with Crippen LogP contribution in [-0.4, -0.2) is 44.8 Å². The Bertz CT molecular complexity index is 580. The van der Waals surface area contributed by atoms with Gasteiger partial charge in [0.2, 0.25) is 0 Å². The Morgan fingerprint density at radius 2 is 2.26 bits per heavy atom. The van der Waals surface area contributed by atoms with E-state index < -0.39 is 15.0 Å². The molecule has 1 aliphatic rings. The van der Waals surface area contributed by atoms with E-state index in [9.17, 15) is 13.2 Å². The summed E-state index contributed by atoms with van der Waals surface area (Å²) in [4.78, 5) is 11.7. The van der Waals surface area contributed by atoms with E-state index in [1.807, 2.05) is 0 Å². The molecule has 1 aromatic rings. The molecule has 1 fully saturated rings. The molecule has 7 nitrogen and oxygen atoms in total. The Kier molecular flexibility index (Phi) is 4.12. The second-order valence-corrected chi connectivity index (χ2v) is 6.78. The molecule has 106 valence electrons. The van der Waals surface area contributed by atoms with Gasteiger partial charge in [0.15, 0.2) is 5.69 Å². The minimum atomic E-state index is -4.02. The molecule has 1 aromatic heterocycles. The fourth-order valence-corrected chi connectivity index (χ4v) is 3.06. The number of carbonyl (C=O) groups excluding carboxylic acids is 1. The standard InChI is InChI=1S/C10H14ClN3O4S/c1-18-5-4-12-10(15)8-9(19(11,16)17)7(13-14-8)6-2-3-6/h6H,2-5H2,1H3,(H,12,15)(H,13,14). The fraction of sp³-hybridized carbons (Fsp3) is 0.600. The highest BCUT2D eigenvalue weighted by Crippen LogP contribution is 2.43. The van der Waals surface area contributed by atoms with Gasteiger partial charge in [-0.2, -0.15) is 5.10 Å². The van der Waals surface area contributed by atoms with Gasteiger partial charge < -0.3 is 10.1 Å². The molecule has 0 unspecified atom stereocenters. The third kappa shape index (κ3) is 3.26. The number of hydrogen-bond donors (Lipinski definition) is 2. The zero-order chi connectivity index (χ0) is 14.0. The van der Waals surface area contributed by atoms with E-state index in [0.29, 0.717) is 12.3 Å². The normalized spacial score (nSPS) is 15.5. The van der Waals surface area contributed by atoms with Crippen molar-refractivity contribution in [3.8, 4) is 0 Å². The lowest BCUT2D eigenvalue weighted by Crippen LogP contribution is -2.28. The summed E-state index contributed by atoms with van der Waals surface area (Å²) in [5.41, 5.74) is 0.236. The van der Waals surface area contributed by atoms with Crippen molar-refractivity contribution in [1.29, 1.82) is 0 Å². The van der Waals surface area contributed by atoms with Gasteiger partial charge in [-0.25, -0.2) is 8.42 Å². The number of nitrogens with one attached hydrogen (secondary N) is 2. The molecule has 1 heterocycles. The van der Waals surface area contributed by atoms with Gasteiger partial charge in [-0.15, -0.1) is 0 Å². The Hall–Kier alpha value is -1.12. The molecule has 0 bridgehead atoms. The van der Waals surface area contributed by atoms with Crippen LogP contribution in [0.15, 0.2) is 4.90 Å². The smallest absolute Gasteiger partial charge is 0.273 e. The number of nitrogens with zero attached hydrogens (tertiary/aromatic N) is 1. The first-order valence-corrected chi connectivity index (χ1v) is 8.06. The largest absolute Gasteiger partial charge is 0.383 e. The molecule has 9 heteroatoms. The molecule has 19 heavy (non-hydrogen) atoms. The highest BCUT2D eigenvalue weighted by Gasteiger charge is 2.36. The zero-order valence-electron chi connectivity index (χ0n) is 10.3. The van der Waals surface area contributed by atoms with E-state index in [2.05, 4.69) is 15.5 Å². The number of halogens is 1. The molecule has 0 aromatic carbocycles. The van der Waals surface area contributed by atoms with E-state index in [1.54, 1.807) is 0 Å². The van der Waals surface area contributed by atoms with Crippen LogP contribution in [0.2, 0.25) is 0 Å². The number of rotatable bonds is 6. The van der Waals surface area contributed by atoms with Crippen molar-refractivity contribution in [3.63, 3.8) is 0 Å². The lowest BCUT2D eigenvalue weighted by Gasteiger charge is -2.03. The van der Waals surface area contributed by atoms with Gasteiger partial charge >= 0.3 is 0 Å². The molecular formula is C10H14ClN3O4S. The van der Waals surface area contributed by atoms with Crippen molar-refractivity contribution in [2.24, 2.45) is 0 Å². The first kappa shape index (κ1) is 14.3. The molecule has 0 spiro atoms. The highest BCUT2D eigenvalue weighted by atomic mass is 35.7. The minimum Gasteiger partial charge on any atom is -0.383 e.